The van der Waals surface area contributed by atoms with E-state index >= 15 is 0 Å². The number of anilines is 1. The topological polar surface area (TPSA) is 75.3 Å². The number of hydrogen-bond acceptors (Lipinski definition) is 3. The molecule has 5 rings (SSSR count). The Labute approximate surface area is 290 Å². The minimum atomic E-state index is -0.469. The summed E-state index contributed by atoms with van der Waals surface area (Å²) in [6, 6.07) is 36.8. The Kier molecular flexibility index (Phi) is 10.9. The summed E-state index contributed by atoms with van der Waals surface area (Å²) in [6.07, 6.45) is 1.51. The molecule has 0 saturated carbocycles. The number of rotatable bonds is 11. The van der Waals surface area contributed by atoms with Crippen LogP contribution in [-0.2, 0) is 21.4 Å². The van der Waals surface area contributed by atoms with Gasteiger partial charge in [-0.15, -0.1) is 0 Å². The summed E-state index contributed by atoms with van der Waals surface area (Å²) in [5.74, 6) is -0.797. The Balaban J connectivity index is 1.40. The van der Waals surface area contributed by atoms with Crippen LogP contribution in [0.5, 0.6) is 0 Å². The molecule has 5 nitrogen and oxygen atoms in total. The van der Waals surface area contributed by atoms with Crippen molar-refractivity contribution in [3.63, 3.8) is 0 Å². The quantitative estimate of drug-likeness (QED) is 0.110. The lowest BCUT2D eigenvalue weighted by Gasteiger charge is -2.20. The average Bonchev–Trinajstić information content (AvgIpc) is 3.08. The number of benzene rings is 5. The fourth-order valence-electron chi connectivity index (χ4n) is 6.20. The van der Waals surface area contributed by atoms with Crippen molar-refractivity contribution < 1.29 is 14.4 Å². The summed E-state index contributed by atoms with van der Waals surface area (Å²) < 4.78 is 0. The predicted octanol–water partition coefficient (Wildman–Crippen LogP) is 9.53. The first-order valence-corrected chi connectivity index (χ1v) is 16.9. The van der Waals surface area contributed by atoms with E-state index in [4.69, 9.17) is 0 Å². The smallest absolute Gasteiger partial charge is 0.251 e. The normalized spacial score (nSPS) is 11.9. The molecule has 1 atom stereocenters. The highest BCUT2D eigenvalue weighted by atomic mass is 16.2. The zero-order valence-corrected chi connectivity index (χ0v) is 29.4. The van der Waals surface area contributed by atoms with Gasteiger partial charge in [-0.1, -0.05) is 111 Å². The number of carbonyl (C=O) groups excluding carboxylic acids is 3. The van der Waals surface area contributed by atoms with Crippen molar-refractivity contribution in [2.45, 2.75) is 65.7 Å². The van der Waals surface area contributed by atoms with E-state index in [1.165, 1.54) is 22.3 Å². The first kappa shape index (κ1) is 35.0. The van der Waals surface area contributed by atoms with Gasteiger partial charge < -0.3 is 15.4 Å². The molecular formula is C44H46N2O3. The van der Waals surface area contributed by atoms with Crippen LogP contribution in [0.4, 0.5) is 5.69 Å². The lowest BCUT2D eigenvalue weighted by molar-refractivity contribution is -0.117. The van der Waals surface area contributed by atoms with Crippen molar-refractivity contribution in [3.8, 4) is 22.3 Å². The molecule has 0 aliphatic heterocycles. The molecule has 5 heteroatoms. The number of amides is 2. The number of aryl methyl sites for hydroxylation is 3. The third-order valence-electron chi connectivity index (χ3n) is 9.08. The monoisotopic (exact) mass is 650 g/mol. The minimum Gasteiger partial charge on any atom is -0.352 e. The Bertz CT molecular complexity index is 1930. The molecule has 0 heterocycles. The Morgan fingerprint density at radius 2 is 1.31 bits per heavy atom. The summed E-state index contributed by atoms with van der Waals surface area (Å²) in [5.41, 5.74) is 12.6. The third-order valence-corrected chi connectivity index (χ3v) is 9.08. The summed E-state index contributed by atoms with van der Waals surface area (Å²) >= 11 is 0. The van der Waals surface area contributed by atoms with E-state index in [1.807, 2.05) is 36.4 Å². The molecule has 0 saturated heterocycles. The van der Waals surface area contributed by atoms with Crippen molar-refractivity contribution in [1.82, 2.24) is 5.32 Å². The van der Waals surface area contributed by atoms with E-state index in [0.29, 0.717) is 18.5 Å². The maximum Gasteiger partial charge on any atom is 0.251 e. The SMILES string of the molecule is Cc1ccc(-c2ccc(NC(=O)C(Cc3ccc(C(=O)NCCC=O)cc3)c3ccc(-c4ccc(C(C)(C)C)cc4)cc3)cc2C)c(C)c1. The second kappa shape index (κ2) is 15.3. The lowest BCUT2D eigenvalue weighted by Crippen LogP contribution is -2.25. The standard InChI is InChI=1S/C44H46N2O3/c1-29-8-22-39(30(2)26-29)40-23-21-38(27-31(40)3)46-43(49)41(28-32-9-11-36(12-10-32)42(48)45-24-7-25-47)35-15-13-33(14-16-35)34-17-19-37(20-18-34)44(4,5)6/h8-23,25-27,41H,7,24,28H2,1-6H3,(H,45,48)(H,46,49). The lowest BCUT2D eigenvalue weighted by atomic mass is 9.86. The molecule has 1 unspecified atom stereocenters. The van der Waals surface area contributed by atoms with Gasteiger partial charge in [-0.05, 0) is 107 Å². The van der Waals surface area contributed by atoms with Crippen LogP contribution in [0.15, 0.2) is 109 Å². The van der Waals surface area contributed by atoms with E-state index in [2.05, 4.69) is 113 Å². The van der Waals surface area contributed by atoms with Crippen LogP contribution in [0.25, 0.3) is 22.3 Å². The first-order valence-electron chi connectivity index (χ1n) is 16.9. The van der Waals surface area contributed by atoms with Crippen molar-refractivity contribution in [2.24, 2.45) is 0 Å². The number of hydrogen-bond donors (Lipinski definition) is 2. The molecular weight excluding hydrogens is 604 g/mol. The average molecular weight is 651 g/mol. The van der Waals surface area contributed by atoms with E-state index in [0.717, 1.165) is 45.4 Å². The van der Waals surface area contributed by atoms with E-state index < -0.39 is 5.92 Å². The largest absolute Gasteiger partial charge is 0.352 e. The third kappa shape index (κ3) is 8.80. The van der Waals surface area contributed by atoms with Gasteiger partial charge in [0.1, 0.15) is 6.29 Å². The van der Waals surface area contributed by atoms with Crippen LogP contribution >= 0.6 is 0 Å². The summed E-state index contributed by atoms with van der Waals surface area (Å²) in [4.78, 5) is 37.2. The van der Waals surface area contributed by atoms with Crippen molar-refractivity contribution in [2.75, 3.05) is 11.9 Å². The molecule has 0 aromatic heterocycles. The van der Waals surface area contributed by atoms with Crippen LogP contribution in [0.3, 0.4) is 0 Å². The number of carbonyl (C=O) groups is 3. The van der Waals surface area contributed by atoms with E-state index in [1.54, 1.807) is 12.1 Å². The maximum absolute atomic E-state index is 14.1. The second-order valence-electron chi connectivity index (χ2n) is 14.0. The Hall–Kier alpha value is -5.29. The Morgan fingerprint density at radius 1 is 0.714 bits per heavy atom. The van der Waals surface area contributed by atoms with Gasteiger partial charge in [-0.3, -0.25) is 9.59 Å². The predicted molar refractivity (Wildman–Crippen MR) is 201 cm³/mol. The van der Waals surface area contributed by atoms with Crippen molar-refractivity contribution >= 4 is 23.8 Å². The molecule has 2 N–H and O–H groups in total. The molecule has 0 radical (unpaired) electrons. The van der Waals surface area contributed by atoms with Gasteiger partial charge in [0, 0.05) is 24.2 Å². The van der Waals surface area contributed by atoms with Crippen LogP contribution < -0.4 is 10.6 Å². The summed E-state index contributed by atoms with van der Waals surface area (Å²) in [5, 5.41) is 5.95. The van der Waals surface area contributed by atoms with Gasteiger partial charge in [0.25, 0.3) is 5.91 Å². The molecule has 0 spiro atoms. The van der Waals surface area contributed by atoms with Crippen LogP contribution in [0.2, 0.25) is 0 Å². The highest BCUT2D eigenvalue weighted by Crippen LogP contribution is 2.32. The zero-order chi connectivity index (χ0) is 35.1. The Morgan fingerprint density at radius 3 is 1.88 bits per heavy atom. The molecule has 250 valence electrons. The zero-order valence-electron chi connectivity index (χ0n) is 29.4. The second-order valence-corrected chi connectivity index (χ2v) is 14.0. The van der Waals surface area contributed by atoms with Crippen molar-refractivity contribution in [3.05, 3.63) is 148 Å². The van der Waals surface area contributed by atoms with Crippen molar-refractivity contribution in [1.29, 1.82) is 0 Å². The van der Waals surface area contributed by atoms with E-state index in [9.17, 15) is 14.4 Å². The van der Waals surface area contributed by atoms with Gasteiger partial charge in [0.05, 0.1) is 5.92 Å². The van der Waals surface area contributed by atoms with Crippen LogP contribution in [0.1, 0.15) is 76.8 Å². The van der Waals surface area contributed by atoms with Gasteiger partial charge in [-0.2, -0.15) is 0 Å². The maximum atomic E-state index is 14.1. The highest BCUT2D eigenvalue weighted by Gasteiger charge is 2.23. The first-order chi connectivity index (χ1) is 23.4. The molecule has 5 aromatic rings. The van der Waals surface area contributed by atoms with Gasteiger partial charge >= 0.3 is 0 Å². The molecule has 49 heavy (non-hydrogen) atoms. The molecule has 2 amide bonds. The van der Waals surface area contributed by atoms with E-state index in [-0.39, 0.29) is 23.7 Å². The molecule has 5 aromatic carbocycles. The van der Waals surface area contributed by atoms with Gasteiger partial charge in [0.15, 0.2) is 0 Å². The summed E-state index contributed by atoms with van der Waals surface area (Å²) in [6.45, 7) is 13.2. The fourth-order valence-corrected chi connectivity index (χ4v) is 6.20. The van der Waals surface area contributed by atoms with Gasteiger partial charge in [-0.25, -0.2) is 0 Å². The summed E-state index contributed by atoms with van der Waals surface area (Å²) in [7, 11) is 0. The highest BCUT2D eigenvalue weighted by molar-refractivity contribution is 5.97. The van der Waals surface area contributed by atoms with Gasteiger partial charge in [0.2, 0.25) is 5.91 Å². The molecule has 0 aliphatic rings. The number of aldehydes is 1. The number of nitrogens with one attached hydrogen (secondary N) is 2. The van der Waals surface area contributed by atoms with Crippen LogP contribution in [0, 0.1) is 20.8 Å². The fraction of sp³-hybridized carbons (Fsp3) is 0.250. The molecule has 0 fully saturated rings. The molecule has 0 bridgehead atoms. The minimum absolute atomic E-state index is 0.0831. The molecule has 0 aliphatic carbocycles. The van der Waals surface area contributed by atoms with Crippen LogP contribution in [-0.4, -0.2) is 24.6 Å².